The summed E-state index contributed by atoms with van der Waals surface area (Å²) in [5.74, 6) is 1.54. The number of benzene rings is 1. The van der Waals surface area contributed by atoms with E-state index in [1.807, 2.05) is 0 Å². The van der Waals surface area contributed by atoms with E-state index in [0.29, 0.717) is 5.92 Å². The molecule has 1 aromatic rings. The van der Waals surface area contributed by atoms with Crippen molar-refractivity contribution >= 4 is 5.96 Å². The van der Waals surface area contributed by atoms with Gasteiger partial charge in [0.2, 0.25) is 0 Å². The van der Waals surface area contributed by atoms with Crippen molar-refractivity contribution in [3.05, 3.63) is 35.4 Å². The smallest absolute Gasteiger partial charge is 0.191 e. The van der Waals surface area contributed by atoms with Crippen molar-refractivity contribution in [1.29, 1.82) is 0 Å². The van der Waals surface area contributed by atoms with Crippen LogP contribution in [0, 0.1) is 0 Å². The van der Waals surface area contributed by atoms with Crippen LogP contribution >= 0.6 is 0 Å². The molecule has 0 radical (unpaired) electrons. The van der Waals surface area contributed by atoms with Gasteiger partial charge in [0.05, 0.1) is 0 Å². The first-order valence-corrected chi connectivity index (χ1v) is 7.95. The van der Waals surface area contributed by atoms with E-state index in [2.05, 4.69) is 48.7 Å². The highest BCUT2D eigenvalue weighted by Gasteiger charge is 2.19. The topological polar surface area (TPSA) is 36.4 Å². The predicted molar refractivity (Wildman–Crippen MR) is 86.4 cm³/mol. The van der Waals surface area contributed by atoms with Crippen LogP contribution in [0.15, 0.2) is 29.3 Å². The normalized spacial score (nSPS) is 18.5. The molecule has 3 heteroatoms. The molecule has 20 heavy (non-hydrogen) atoms. The van der Waals surface area contributed by atoms with Crippen LogP contribution in [-0.2, 0) is 6.42 Å². The molecule has 0 saturated carbocycles. The van der Waals surface area contributed by atoms with E-state index in [9.17, 15) is 0 Å². The standard InChI is InChI=1S/C17H27N3/c1-3-12-19-17(18-4-2)20-13-15-10-7-9-14-8-5-6-11-16(14)15/h5-6,8,11,15H,3-4,7,9-10,12-13H2,1-2H3,(H2,18,19,20). The van der Waals surface area contributed by atoms with E-state index in [0.717, 1.165) is 32.0 Å². The first-order valence-electron chi connectivity index (χ1n) is 7.95. The molecule has 2 N–H and O–H groups in total. The lowest BCUT2D eigenvalue weighted by atomic mass is 9.83. The summed E-state index contributed by atoms with van der Waals surface area (Å²) >= 11 is 0. The lowest BCUT2D eigenvalue weighted by Crippen LogP contribution is -2.38. The van der Waals surface area contributed by atoms with Crippen molar-refractivity contribution in [1.82, 2.24) is 10.6 Å². The van der Waals surface area contributed by atoms with E-state index in [-0.39, 0.29) is 0 Å². The van der Waals surface area contributed by atoms with Gasteiger partial charge in [-0.2, -0.15) is 0 Å². The molecule has 0 spiro atoms. The van der Waals surface area contributed by atoms with Gasteiger partial charge in [-0.3, -0.25) is 4.99 Å². The second-order valence-corrected chi connectivity index (χ2v) is 5.43. The van der Waals surface area contributed by atoms with Crippen LogP contribution in [0.25, 0.3) is 0 Å². The molecule has 0 fully saturated rings. The highest BCUT2D eigenvalue weighted by Crippen LogP contribution is 2.31. The monoisotopic (exact) mass is 273 g/mol. The van der Waals surface area contributed by atoms with E-state index in [4.69, 9.17) is 4.99 Å². The maximum Gasteiger partial charge on any atom is 0.191 e. The number of rotatable bonds is 5. The quantitative estimate of drug-likeness (QED) is 0.639. The summed E-state index contributed by atoms with van der Waals surface area (Å²) in [4.78, 5) is 4.77. The van der Waals surface area contributed by atoms with Gasteiger partial charge >= 0.3 is 0 Å². The van der Waals surface area contributed by atoms with Gasteiger partial charge in [-0.25, -0.2) is 0 Å². The fourth-order valence-electron chi connectivity index (χ4n) is 2.83. The number of aryl methyl sites for hydroxylation is 1. The minimum atomic E-state index is 0.581. The molecule has 3 nitrogen and oxygen atoms in total. The molecule has 1 atom stereocenters. The Morgan fingerprint density at radius 2 is 2.10 bits per heavy atom. The first-order chi connectivity index (χ1) is 9.85. The van der Waals surface area contributed by atoms with Crippen LogP contribution in [0.2, 0.25) is 0 Å². The number of aliphatic imine (C=N–C) groups is 1. The van der Waals surface area contributed by atoms with Crippen LogP contribution in [0.4, 0.5) is 0 Å². The molecule has 2 rings (SSSR count). The third-order valence-electron chi connectivity index (χ3n) is 3.85. The van der Waals surface area contributed by atoms with Crippen molar-refractivity contribution in [2.45, 2.75) is 45.4 Å². The second-order valence-electron chi connectivity index (χ2n) is 5.43. The number of fused-ring (bicyclic) bond motifs is 1. The van der Waals surface area contributed by atoms with Gasteiger partial charge in [0, 0.05) is 25.6 Å². The summed E-state index contributed by atoms with van der Waals surface area (Å²) < 4.78 is 0. The fraction of sp³-hybridized carbons (Fsp3) is 0.588. The van der Waals surface area contributed by atoms with E-state index in [1.54, 1.807) is 0 Å². The average Bonchev–Trinajstić information content (AvgIpc) is 2.50. The summed E-state index contributed by atoms with van der Waals surface area (Å²) in [5.41, 5.74) is 3.03. The third-order valence-corrected chi connectivity index (χ3v) is 3.85. The molecule has 1 aliphatic rings. The van der Waals surface area contributed by atoms with Gasteiger partial charge in [-0.05, 0) is 43.7 Å². The lowest BCUT2D eigenvalue weighted by molar-refractivity contribution is 0.559. The van der Waals surface area contributed by atoms with Crippen LogP contribution in [-0.4, -0.2) is 25.6 Å². The molecular weight excluding hydrogens is 246 g/mol. The highest BCUT2D eigenvalue weighted by atomic mass is 15.2. The molecule has 1 aromatic carbocycles. The molecule has 0 bridgehead atoms. The third kappa shape index (κ3) is 3.99. The van der Waals surface area contributed by atoms with Gasteiger partial charge in [-0.15, -0.1) is 0 Å². The van der Waals surface area contributed by atoms with Gasteiger partial charge in [0.15, 0.2) is 5.96 Å². The van der Waals surface area contributed by atoms with E-state index >= 15 is 0 Å². The molecule has 0 aliphatic heterocycles. The first kappa shape index (κ1) is 14.9. The minimum Gasteiger partial charge on any atom is -0.357 e. The zero-order valence-electron chi connectivity index (χ0n) is 12.8. The number of nitrogens with one attached hydrogen (secondary N) is 2. The Hall–Kier alpha value is -1.51. The summed E-state index contributed by atoms with van der Waals surface area (Å²) in [6, 6.07) is 8.85. The Bertz CT molecular complexity index is 440. The Morgan fingerprint density at radius 3 is 2.90 bits per heavy atom. The van der Waals surface area contributed by atoms with Gasteiger partial charge in [0.1, 0.15) is 0 Å². The molecule has 1 aliphatic carbocycles. The largest absolute Gasteiger partial charge is 0.357 e. The Morgan fingerprint density at radius 1 is 1.25 bits per heavy atom. The average molecular weight is 273 g/mol. The van der Waals surface area contributed by atoms with E-state index in [1.165, 1.54) is 30.4 Å². The molecule has 110 valence electrons. The van der Waals surface area contributed by atoms with Crippen molar-refractivity contribution < 1.29 is 0 Å². The fourth-order valence-corrected chi connectivity index (χ4v) is 2.83. The van der Waals surface area contributed by atoms with Crippen molar-refractivity contribution in [2.75, 3.05) is 19.6 Å². The van der Waals surface area contributed by atoms with Gasteiger partial charge in [0.25, 0.3) is 0 Å². The van der Waals surface area contributed by atoms with Gasteiger partial charge in [-0.1, -0.05) is 31.2 Å². The Labute approximate surface area is 122 Å². The molecule has 0 saturated heterocycles. The molecule has 1 unspecified atom stereocenters. The number of hydrogen-bond acceptors (Lipinski definition) is 1. The molecule has 0 heterocycles. The minimum absolute atomic E-state index is 0.581. The maximum absolute atomic E-state index is 4.77. The summed E-state index contributed by atoms with van der Waals surface area (Å²) in [5, 5.41) is 6.69. The Kier molecular flexibility index (Phi) is 5.90. The van der Waals surface area contributed by atoms with E-state index < -0.39 is 0 Å². The van der Waals surface area contributed by atoms with Crippen LogP contribution in [0.3, 0.4) is 0 Å². The summed E-state index contributed by atoms with van der Waals surface area (Å²) in [7, 11) is 0. The molecule has 0 amide bonds. The number of nitrogens with zero attached hydrogens (tertiary/aromatic N) is 1. The summed E-state index contributed by atoms with van der Waals surface area (Å²) in [6.45, 7) is 7.06. The number of guanidine groups is 1. The van der Waals surface area contributed by atoms with Crippen LogP contribution < -0.4 is 10.6 Å². The van der Waals surface area contributed by atoms with Crippen LogP contribution in [0.1, 0.15) is 50.2 Å². The summed E-state index contributed by atoms with van der Waals surface area (Å²) in [6.07, 6.45) is 4.89. The zero-order valence-corrected chi connectivity index (χ0v) is 12.8. The number of hydrogen-bond donors (Lipinski definition) is 2. The Balaban J connectivity index is 2.02. The molecule has 0 aromatic heterocycles. The second kappa shape index (κ2) is 7.93. The van der Waals surface area contributed by atoms with Crippen molar-refractivity contribution in [3.8, 4) is 0 Å². The maximum atomic E-state index is 4.77. The van der Waals surface area contributed by atoms with Gasteiger partial charge < -0.3 is 10.6 Å². The van der Waals surface area contributed by atoms with Crippen molar-refractivity contribution in [2.24, 2.45) is 4.99 Å². The van der Waals surface area contributed by atoms with Crippen molar-refractivity contribution in [3.63, 3.8) is 0 Å². The molecular formula is C17H27N3. The predicted octanol–water partition coefficient (Wildman–Crippen LogP) is 3.07. The van der Waals surface area contributed by atoms with Crippen LogP contribution in [0.5, 0.6) is 0 Å². The SMILES string of the molecule is CCCNC(=NCC1CCCc2ccccc21)NCC. The lowest BCUT2D eigenvalue weighted by Gasteiger charge is -2.24. The zero-order chi connectivity index (χ0) is 14.2. The highest BCUT2D eigenvalue weighted by molar-refractivity contribution is 5.79.